The van der Waals surface area contributed by atoms with Crippen LogP contribution in [0.4, 0.5) is 0 Å². The van der Waals surface area contributed by atoms with Crippen molar-refractivity contribution in [1.82, 2.24) is 10.2 Å². The van der Waals surface area contributed by atoms with Crippen molar-refractivity contribution in [2.75, 3.05) is 0 Å². The van der Waals surface area contributed by atoms with Gasteiger partial charge in [0.25, 0.3) is 0 Å². The first-order valence-corrected chi connectivity index (χ1v) is 7.26. The zero-order valence-electron chi connectivity index (χ0n) is 9.67. The lowest BCUT2D eigenvalue weighted by Crippen LogP contribution is -2.21. The first-order valence-electron chi connectivity index (χ1n) is 5.57. The number of aromatic nitrogens is 2. The summed E-state index contributed by atoms with van der Waals surface area (Å²) in [6.07, 6.45) is 1.91. The van der Waals surface area contributed by atoms with Crippen LogP contribution >= 0.6 is 23.1 Å². The van der Waals surface area contributed by atoms with E-state index in [4.69, 9.17) is 5.73 Å². The third kappa shape index (κ3) is 3.52. The number of nitrogens with zero attached hydrogens (tertiary/aromatic N) is 2. The lowest BCUT2D eigenvalue weighted by molar-refractivity contribution is 0.641. The smallest absolute Gasteiger partial charge is 0.178 e. The number of hydrogen-bond donors (Lipinski definition) is 1. The molecular formula is C12H15N3S2. The molecule has 0 aliphatic rings. The van der Waals surface area contributed by atoms with Gasteiger partial charge in [0.15, 0.2) is 4.34 Å². The quantitative estimate of drug-likeness (QED) is 0.903. The summed E-state index contributed by atoms with van der Waals surface area (Å²) in [7, 11) is 0. The van der Waals surface area contributed by atoms with Gasteiger partial charge in [0.2, 0.25) is 0 Å². The third-order valence-electron chi connectivity index (χ3n) is 2.52. The van der Waals surface area contributed by atoms with Gasteiger partial charge in [-0.2, -0.15) is 0 Å². The molecule has 0 saturated carbocycles. The average molecular weight is 265 g/mol. The highest BCUT2D eigenvalue weighted by Crippen LogP contribution is 2.31. The van der Waals surface area contributed by atoms with Crippen molar-refractivity contribution in [2.24, 2.45) is 5.73 Å². The predicted octanol–water partition coefficient (Wildman–Crippen LogP) is 2.97. The Balaban J connectivity index is 2.15. The Labute approximate surface area is 109 Å². The van der Waals surface area contributed by atoms with Crippen LogP contribution in [0, 0.1) is 0 Å². The lowest BCUT2D eigenvalue weighted by Gasteiger charge is -2.11. The van der Waals surface area contributed by atoms with Gasteiger partial charge in [-0.15, -0.1) is 10.2 Å². The number of rotatable bonds is 5. The standard InChI is InChI=1S/C12H15N3S2/c1-2-10(13)7-9-5-3-4-6-11(9)17-12-15-14-8-16-12/h3-6,8,10H,2,7,13H2,1H3. The van der Waals surface area contributed by atoms with Crippen molar-refractivity contribution in [3.63, 3.8) is 0 Å². The van der Waals surface area contributed by atoms with Crippen LogP contribution in [0.1, 0.15) is 18.9 Å². The summed E-state index contributed by atoms with van der Waals surface area (Å²) < 4.78 is 0.975. The van der Waals surface area contributed by atoms with Gasteiger partial charge in [-0.25, -0.2) is 0 Å². The second-order valence-corrected chi connectivity index (χ2v) is 5.91. The molecule has 1 atom stereocenters. The van der Waals surface area contributed by atoms with Crippen molar-refractivity contribution < 1.29 is 0 Å². The zero-order chi connectivity index (χ0) is 12.1. The summed E-state index contributed by atoms with van der Waals surface area (Å²) in [6.45, 7) is 2.12. The fourth-order valence-electron chi connectivity index (χ4n) is 1.50. The molecule has 17 heavy (non-hydrogen) atoms. The van der Waals surface area contributed by atoms with E-state index in [-0.39, 0.29) is 6.04 Å². The molecule has 0 radical (unpaired) electrons. The Morgan fingerprint density at radius 1 is 1.41 bits per heavy atom. The second-order valence-electron chi connectivity index (χ2n) is 3.79. The van der Waals surface area contributed by atoms with E-state index in [0.717, 1.165) is 17.2 Å². The molecule has 3 nitrogen and oxygen atoms in total. The maximum Gasteiger partial charge on any atom is 0.178 e. The molecule has 0 saturated heterocycles. The lowest BCUT2D eigenvalue weighted by atomic mass is 10.1. The van der Waals surface area contributed by atoms with Gasteiger partial charge in [-0.1, -0.05) is 48.2 Å². The molecule has 1 heterocycles. The highest BCUT2D eigenvalue weighted by Gasteiger charge is 2.08. The van der Waals surface area contributed by atoms with Crippen LogP contribution < -0.4 is 5.73 Å². The van der Waals surface area contributed by atoms with Crippen LogP contribution in [0.15, 0.2) is 39.0 Å². The molecule has 2 N–H and O–H groups in total. The van der Waals surface area contributed by atoms with E-state index in [1.54, 1.807) is 28.6 Å². The van der Waals surface area contributed by atoms with E-state index < -0.39 is 0 Å². The van der Waals surface area contributed by atoms with Crippen LogP contribution in [0.2, 0.25) is 0 Å². The number of benzene rings is 1. The van der Waals surface area contributed by atoms with Crippen molar-refractivity contribution in [3.8, 4) is 0 Å². The van der Waals surface area contributed by atoms with Crippen molar-refractivity contribution in [3.05, 3.63) is 35.3 Å². The largest absolute Gasteiger partial charge is 0.327 e. The molecular weight excluding hydrogens is 250 g/mol. The molecule has 1 unspecified atom stereocenters. The Morgan fingerprint density at radius 2 is 2.24 bits per heavy atom. The van der Waals surface area contributed by atoms with Gasteiger partial charge in [-0.05, 0) is 24.5 Å². The first-order chi connectivity index (χ1) is 8.29. The van der Waals surface area contributed by atoms with Gasteiger partial charge in [0, 0.05) is 10.9 Å². The van der Waals surface area contributed by atoms with E-state index >= 15 is 0 Å². The normalized spacial score (nSPS) is 12.6. The van der Waals surface area contributed by atoms with E-state index in [9.17, 15) is 0 Å². The third-order valence-corrected chi connectivity index (χ3v) is 4.41. The minimum atomic E-state index is 0.228. The van der Waals surface area contributed by atoms with Crippen LogP contribution in [-0.4, -0.2) is 16.2 Å². The Kier molecular flexibility index (Phi) is 4.53. The monoisotopic (exact) mass is 265 g/mol. The first kappa shape index (κ1) is 12.5. The van der Waals surface area contributed by atoms with Crippen LogP contribution in [-0.2, 0) is 6.42 Å². The van der Waals surface area contributed by atoms with Gasteiger partial charge >= 0.3 is 0 Å². The molecule has 0 aliphatic carbocycles. The summed E-state index contributed by atoms with van der Waals surface area (Å²) in [5.41, 5.74) is 9.06. The molecule has 0 bridgehead atoms. The fourth-order valence-corrected chi connectivity index (χ4v) is 3.08. The number of nitrogens with two attached hydrogens (primary N) is 1. The van der Waals surface area contributed by atoms with E-state index in [1.165, 1.54) is 10.5 Å². The maximum atomic E-state index is 6.01. The summed E-state index contributed by atoms with van der Waals surface area (Å²) in [4.78, 5) is 1.23. The van der Waals surface area contributed by atoms with E-state index in [2.05, 4.69) is 35.3 Å². The molecule has 90 valence electrons. The maximum absolute atomic E-state index is 6.01. The molecule has 1 aromatic carbocycles. The predicted molar refractivity (Wildman–Crippen MR) is 72.4 cm³/mol. The Hall–Kier alpha value is -0.910. The molecule has 2 rings (SSSR count). The van der Waals surface area contributed by atoms with Gasteiger partial charge < -0.3 is 5.73 Å². The van der Waals surface area contributed by atoms with Crippen molar-refractivity contribution in [2.45, 2.75) is 35.0 Å². The zero-order valence-corrected chi connectivity index (χ0v) is 11.3. The average Bonchev–Trinajstić information content (AvgIpc) is 2.84. The molecule has 1 aromatic heterocycles. The van der Waals surface area contributed by atoms with Crippen molar-refractivity contribution in [1.29, 1.82) is 0 Å². The summed E-state index contributed by atoms with van der Waals surface area (Å²) in [5.74, 6) is 0. The molecule has 2 aromatic rings. The van der Waals surface area contributed by atoms with Gasteiger partial charge in [-0.3, -0.25) is 0 Å². The highest BCUT2D eigenvalue weighted by molar-refractivity contribution is 8.01. The summed E-state index contributed by atoms with van der Waals surface area (Å²) in [5, 5.41) is 7.90. The second kappa shape index (κ2) is 6.14. The molecule has 5 heteroatoms. The SMILES string of the molecule is CCC(N)Cc1ccccc1Sc1nncs1. The van der Waals surface area contributed by atoms with Crippen LogP contribution in [0.3, 0.4) is 0 Å². The fraction of sp³-hybridized carbons (Fsp3) is 0.333. The summed E-state index contributed by atoms with van der Waals surface area (Å²) >= 11 is 3.22. The minimum absolute atomic E-state index is 0.228. The van der Waals surface area contributed by atoms with Gasteiger partial charge in [0.05, 0.1) is 0 Å². The van der Waals surface area contributed by atoms with Gasteiger partial charge in [0.1, 0.15) is 5.51 Å². The molecule has 0 fully saturated rings. The topological polar surface area (TPSA) is 51.8 Å². The number of hydrogen-bond acceptors (Lipinski definition) is 5. The van der Waals surface area contributed by atoms with Crippen LogP contribution in [0.5, 0.6) is 0 Å². The Morgan fingerprint density at radius 3 is 2.94 bits per heavy atom. The van der Waals surface area contributed by atoms with E-state index in [1.807, 2.05) is 6.07 Å². The van der Waals surface area contributed by atoms with Crippen LogP contribution in [0.25, 0.3) is 0 Å². The Bertz CT molecular complexity index is 457. The summed E-state index contributed by atoms with van der Waals surface area (Å²) in [6, 6.07) is 8.58. The molecule has 0 aliphatic heterocycles. The minimum Gasteiger partial charge on any atom is -0.327 e. The molecule has 0 amide bonds. The van der Waals surface area contributed by atoms with Crippen molar-refractivity contribution >= 4 is 23.1 Å². The molecule has 0 spiro atoms. The highest BCUT2D eigenvalue weighted by atomic mass is 32.2. The van der Waals surface area contributed by atoms with E-state index in [0.29, 0.717) is 0 Å².